The first-order valence-electron chi connectivity index (χ1n) is 9.97. The first-order valence-corrected chi connectivity index (χ1v) is 10.8. The summed E-state index contributed by atoms with van der Waals surface area (Å²) in [6, 6.07) is 7.57. The number of methoxy groups -OCH3 is 2. The molecule has 10 heteroatoms. The number of pyridine rings is 1. The van der Waals surface area contributed by atoms with Crippen molar-refractivity contribution in [3.05, 3.63) is 40.6 Å². The lowest BCUT2D eigenvalue weighted by atomic mass is 10.1. The smallest absolute Gasteiger partial charge is 0.407 e. The molecule has 0 bridgehead atoms. The van der Waals surface area contributed by atoms with Crippen LogP contribution in [0.25, 0.3) is 10.9 Å². The number of aromatic nitrogens is 3. The van der Waals surface area contributed by atoms with Crippen LogP contribution in [0.5, 0.6) is 11.5 Å². The summed E-state index contributed by atoms with van der Waals surface area (Å²) < 4.78 is 13.3. The number of halogens is 1. The molecule has 31 heavy (non-hydrogen) atoms. The van der Waals surface area contributed by atoms with Crippen molar-refractivity contribution in [2.75, 3.05) is 32.6 Å². The topological polar surface area (TPSA) is 102 Å². The van der Waals surface area contributed by atoms with Gasteiger partial charge in [0.25, 0.3) is 0 Å². The van der Waals surface area contributed by atoms with Crippen molar-refractivity contribution in [3.8, 4) is 11.5 Å². The van der Waals surface area contributed by atoms with E-state index >= 15 is 0 Å². The molecule has 9 nitrogen and oxygen atoms in total. The molecule has 1 saturated heterocycles. The molecule has 3 heterocycles. The summed E-state index contributed by atoms with van der Waals surface area (Å²) in [5.41, 5.74) is 1.87. The minimum atomic E-state index is -0.891. The van der Waals surface area contributed by atoms with Crippen LogP contribution in [0.4, 0.5) is 10.6 Å². The summed E-state index contributed by atoms with van der Waals surface area (Å²) in [6.07, 6.45) is 2.53. The van der Waals surface area contributed by atoms with Crippen LogP contribution in [0.3, 0.4) is 0 Å². The van der Waals surface area contributed by atoms with Crippen LogP contribution in [0, 0.1) is 0 Å². The summed E-state index contributed by atoms with van der Waals surface area (Å²) >= 11 is 3.57. The van der Waals surface area contributed by atoms with E-state index in [1.807, 2.05) is 28.9 Å². The molecule has 1 aromatic carbocycles. The predicted molar refractivity (Wildman–Crippen MR) is 120 cm³/mol. The van der Waals surface area contributed by atoms with Crippen molar-refractivity contribution >= 4 is 38.7 Å². The van der Waals surface area contributed by atoms with Crippen LogP contribution in [0.2, 0.25) is 0 Å². The highest BCUT2D eigenvalue weighted by Gasteiger charge is 2.27. The molecule has 1 aliphatic heterocycles. The quantitative estimate of drug-likeness (QED) is 0.536. The molecule has 1 fully saturated rings. The second-order valence-electron chi connectivity index (χ2n) is 7.35. The summed E-state index contributed by atoms with van der Waals surface area (Å²) in [5, 5.41) is 18.3. The SMILES string of the molecule is COc1ccc(CNc2nccc3c2c(Br)nn3[C@@H]2CCCN(C(=O)O)C2)c(OC)c1. The van der Waals surface area contributed by atoms with E-state index in [4.69, 9.17) is 9.47 Å². The normalized spacial score (nSPS) is 16.4. The van der Waals surface area contributed by atoms with E-state index in [2.05, 4.69) is 31.3 Å². The molecule has 2 N–H and O–H groups in total. The first-order chi connectivity index (χ1) is 15.0. The monoisotopic (exact) mass is 489 g/mol. The van der Waals surface area contributed by atoms with Crippen molar-refractivity contribution in [2.45, 2.75) is 25.4 Å². The third kappa shape index (κ3) is 4.25. The highest BCUT2D eigenvalue weighted by molar-refractivity contribution is 9.10. The predicted octanol–water partition coefficient (Wildman–Crippen LogP) is 4.14. The molecular formula is C21H24BrN5O4. The lowest BCUT2D eigenvalue weighted by Gasteiger charge is -2.31. The fraction of sp³-hybridized carbons (Fsp3) is 0.381. The van der Waals surface area contributed by atoms with E-state index in [0.29, 0.717) is 30.1 Å². The average molecular weight is 490 g/mol. The van der Waals surface area contributed by atoms with Gasteiger partial charge in [-0.3, -0.25) is 4.68 Å². The summed E-state index contributed by atoms with van der Waals surface area (Å²) in [4.78, 5) is 17.4. The van der Waals surface area contributed by atoms with Crippen LogP contribution < -0.4 is 14.8 Å². The molecule has 4 rings (SSSR count). The molecule has 1 amide bonds. The average Bonchev–Trinajstić information content (AvgIpc) is 3.14. The highest BCUT2D eigenvalue weighted by Crippen LogP contribution is 2.34. The minimum absolute atomic E-state index is 0.0180. The number of piperidine rings is 1. The summed E-state index contributed by atoms with van der Waals surface area (Å²) in [7, 11) is 3.25. The van der Waals surface area contributed by atoms with Crippen molar-refractivity contribution in [1.29, 1.82) is 0 Å². The zero-order valence-electron chi connectivity index (χ0n) is 17.3. The van der Waals surface area contributed by atoms with Crippen molar-refractivity contribution < 1.29 is 19.4 Å². The number of benzene rings is 1. The number of anilines is 1. The molecule has 0 aliphatic carbocycles. The molecule has 1 atom stereocenters. The van der Waals surface area contributed by atoms with Crippen LogP contribution in [-0.4, -0.2) is 58.2 Å². The molecule has 2 aromatic heterocycles. The maximum absolute atomic E-state index is 11.4. The van der Waals surface area contributed by atoms with Gasteiger partial charge in [-0.1, -0.05) is 0 Å². The lowest BCUT2D eigenvalue weighted by molar-refractivity contribution is 0.120. The number of amides is 1. The Kier molecular flexibility index (Phi) is 6.17. The Morgan fingerprint density at radius 2 is 2.16 bits per heavy atom. The molecule has 1 aliphatic rings. The number of carbonyl (C=O) groups is 1. The second-order valence-corrected chi connectivity index (χ2v) is 8.10. The van der Waals surface area contributed by atoms with Gasteiger partial charge < -0.3 is 24.8 Å². The number of nitrogens with zero attached hydrogens (tertiary/aromatic N) is 4. The van der Waals surface area contributed by atoms with Gasteiger partial charge in [0, 0.05) is 37.5 Å². The van der Waals surface area contributed by atoms with Crippen LogP contribution in [-0.2, 0) is 6.54 Å². The number of likely N-dealkylation sites (tertiary alicyclic amines) is 1. The Balaban J connectivity index is 1.61. The van der Waals surface area contributed by atoms with E-state index in [1.165, 1.54) is 4.90 Å². The number of nitrogens with one attached hydrogen (secondary N) is 1. The standard InChI is InChI=1S/C21H24BrN5O4/c1-30-15-6-5-13(17(10-15)31-2)11-24-20-18-16(7-8-23-20)27(25-19(18)22)14-4-3-9-26(12-14)21(28)29/h5-8,10,14H,3-4,9,11-12H2,1-2H3,(H,23,24)(H,28,29)/t14-/m1/s1. The van der Waals surface area contributed by atoms with Gasteiger partial charge in [-0.05, 0) is 47.0 Å². The van der Waals surface area contributed by atoms with Gasteiger partial charge in [-0.25, -0.2) is 9.78 Å². The van der Waals surface area contributed by atoms with E-state index in [1.54, 1.807) is 20.4 Å². The Bertz CT molecular complexity index is 1100. The Morgan fingerprint density at radius 3 is 2.90 bits per heavy atom. The largest absolute Gasteiger partial charge is 0.497 e. The van der Waals surface area contributed by atoms with E-state index < -0.39 is 6.09 Å². The van der Waals surface area contributed by atoms with E-state index in [9.17, 15) is 9.90 Å². The van der Waals surface area contributed by atoms with Crippen LogP contribution in [0.1, 0.15) is 24.4 Å². The maximum Gasteiger partial charge on any atom is 0.407 e. The molecule has 164 valence electrons. The van der Waals surface area contributed by atoms with Gasteiger partial charge in [0.2, 0.25) is 0 Å². The molecule has 0 spiro atoms. The number of fused-ring (bicyclic) bond motifs is 1. The van der Waals surface area contributed by atoms with Crippen molar-refractivity contribution in [2.24, 2.45) is 0 Å². The molecule has 0 unspecified atom stereocenters. The summed E-state index contributed by atoms with van der Waals surface area (Å²) in [5.74, 6) is 2.15. The third-order valence-electron chi connectivity index (χ3n) is 5.53. The second kappa shape index (κ2) is 9.01. The maximum atomic E-state index is 11.4. The number of hydrogen-bond donors (Lipinski definition) is 2. The number of rotatable bonds is 6. The molecular weight excluding hydrogens is 466 g/mol. The zero-order chi connectivity index (χ0) is 22.0. The van der Waals surface area contributed by atoms with Crippen LogP contribution in [0.15, 0.2) is 35.1 Å². The summed E-state index contributed by atoms with van der Waals surface area (Å²) in [6.45, 7) is 1.49. The first kappa shape index (κ1) is 21.2. The molecule has 3 aromatic rings. The van der Waals surface area contributed by atoms with Gasteiger partial charge in [-0.15, -0.1) is 0 Å². The molecule has 0 saturated carbocycles. The van der Waals surface area contributed by atoms with Gasteiger partial charge in [0.05, 0.1) is 31.2 Å². The number of hydrogen-bond acceptors (Lipinski definition) is 6. The van der Waals surface area contributed by atoms with Crippen molar-refractivity contribution in [1.82, 2.24) is 19.7 Å². The fourth-order valence-electron chi connectivity index (χ4n) is 3.96. The van der Waals surface area contributed by atoms with Gasteiger partial charge in [0.15, 0.2) is 0 Å². The highest BCUT2D eigenvalue weighted by atomic mass is 79.9. The van der Waals surface area contributed by atoms with Gasteiger partial charge in [-0.2, -0.15) is 5.10 Å². The van der Waals surface area contributed by atoms with Crippen molar-refractivity contribution in [3.63, 3.8) is 0 Å². The Morgan fingerprint density at radius 1 is 1.32 bits per heavy atom. The molecule has 0 radical (unpaired) electrons. The van der Waals surface area contributed by atoms with Gasteiger partial charge in [0.1, 0.15) is 21.9 Å². The lowest BCUT2D eigenvalue weighted by Crippen LogP contribution is -2.40. The Hall–Kier alpha value is -3.01. The van der Waals surface area contributed by atoms with Crippen LogP contribution >= 0.6 is 15.9 Å². The number of carboxylic acid groups (broad SMARTS) is 1. The number of ether oxygens (including phenoxy) is 2. The fourth-order valence-corrected chi connectivity index (χ4v) is 4.52. The minimum Gasteiger partial charge on any atom is -0.497 e. The van der Waals surface area contributed by atoms with E-state index in [0.717, 1.165) is 40.8 Å². The van der Waals surface area contributed by atoms with Gasteiger partial charge >= 0.3 is 6.09 Å². The zero-order valence-corrected chi connectivity index (χ0v) is 18.9. The third-order valence-corrected chi connectivity index (χ3v) is 6.09. The Labute approximate surface area is 188 Å². The van der Waals surface area contributed by atoms with E-state index in [-0.39, 0.29) is 6.04 Å².